The number of hydrogen-bond acceptors (Lipinski definition) is 19. The van der Waals surface area contributed by atoms with Crippen molar-refractivity contribution in [3.63, 3.8) is 0 Å². The van der Waals surface area contributed by atoms with E-state index in [1.54, 1.807) is 58.2 Å². The number of aromatic hydroxyl groups is 2. The average molecular weight is 1070 g/mol. The third-order valence-electron chi connectivity index (χ3n) is 13.4. The van der Waals surface area contributed by atoms with Gasteiger partial charge in [0.25, 0.3) is 0 Å². The van der Waals surface area contributed by atoms with Crippen molar-refractivity contribution < 1.29 is 46.4 Å². The summed E-state index contributed by atoms with van der Waals surface area (Å²) in [5, 5.41) is 40.6. The zero-order chi connectivity index (χ0) is 53.3. The van der Waals surface area contributed by atoms with Gasteiger partial charge >= 0.3 is 0 Å². The van der Waals surface area contributed by atoms with Crippen molar-refractivity contribution in [2.24, 2.45) is 23.3 Å². The van der Waals surface area contributed by atoms with Crippen LogP contribution in [0.4, 0.5) is 17.8 Å². The second-order valence-electron chi connectivity index (χ2n) is 19.5. The third-order valence-corrected chi connectivity index (χ3v) is 13.4. The van der Waals surface area contributed by atoms with Crippen LogP contribution in [0.1, 0.15) is 87.2 Å². The summed E-state index contributed by atoms with van der Waals surface area (Å²) in [4.78, 5) is 51.5. The van der Waals surface area contributed by atoms with Crippen LogP contribution in [0.2, 0.25) is 0 Å². The first kappa shape index (κ1) is 58.6. The summed E-state index contributed by atoms with van der Waals surface area (Å²) >= 11 is 0. The fourth-order valence-electron chi connectivity index (χ4n) is 8.99. The molecule has 3 aromatic heterocycles. The lowest BCUT2D eigenvalue weighted by Gasteiger charge is -2.38. The minimum atomic E-state index is -0.699. The normalized spacial score (nSPS) is 15.9. The number of phenolic OH excluding ortho intramolecular Hbond substituents is 2. The summed E-state index contributed by atoms with van der Waals surface area (Å²) in [5.74, 6) is 4.19. The van der Waals surface area contributed by atoms with E-state index in [4.69, 9.17) is 47.1 Å². The van der Waals surface area contributed by atoms with Gasteiger partial charge in [0, 0.05) is 65.3 Å². The first-order chi connectivity index (χ1) is 36.3. The van der Waals surface area contributed by atoms with Gasteiger partial charge in [-0.05, 0) is 60.1 Å². The molecule has 2 amide bonds. The van der Waals surface area contributed by atoms with Gasteiger partial charge in [0.2, 0.25) is 29.7 Å². The average Bonchev–Trinajstić information content (AvgIpc) is 4.13. The minimum Gasteiger partial charge on any atom is -1.00 e. The van der Waals surface area contributed by atoms with E-state index < -0.39 is 18.1 Å². The van der Waals surface area contributed by atoms with E-state index in [1.807, 2.05) is 33.8 Å². The van der Waals surface area contributed by atoms with Crippen molar-refractivity contribution in [3.8, 4) is 23.8 Å². The molecule has 0 bridgehead atoms. The number of anilines is 3. The van der Waals surface area contributed by atoms with Crippen LogP contribution in [0.15, 0.2) is 60.9 Å². The highest BCUT2D eigenvalue weighted by molar-refractivity contribution is 5.81. The smallest absolute Gasteiger partial charge is 0.247 e. The van der Waals surface area contributed by atoms with Crippen molar-refractivity contribution in [2.75, 3.05) is 114 Å². The molecule has 412 valence electrons. The van der Waals surface area contributed by atoms with Crippen molar-refractivity contribution in [3.05, 3.63) is 83.4 Å². The van der Waals surface area contributed by atoms with Crippen molar-refractivity contribution >= 4 is 29.7 Å². The highest BCUT2D eigenvalue weighted by Gasteiger charge is 2.35. The van der Waals surface area contributed by atoms with Crippen LogP contribution < -0.4 is 39.0 Å². The molecule has 2 aliphatic rings. The van der Waals surface area contributed by atoms with E-state index in [2.05, 4.69) is 57.5 Å². The number of halogens is 1. The van der Waals surface area contributed by atoms with Gasteiger partial charge in [0.1, 0.15) is 30.2 Å². The van der Waals surface area contributed by atoms with E-state index in [9.17, 15) is 19.8 Å². The summed E-state index contributed by atoms with van der Waals surface area (Å²) in [6.07, 6.45) is 11.1. The molecule has 2 saturated heterocycles. The summed E-state index contributed by atoms with van der Waals surface area (Å²) < 4.78 is 19.9. The summed E-state index contributed by atoms with van der Waals surface area (Å²) in [7, 11) is 0. The molecule has 24 heteroatoms. The van der Waals surface area contributed by atoms with E-state index in [1.165, 1.54) is 0 Å². The molecule has 2 fully saturated rings. The molecular formula is C52H74ClN16O7-. The van der Waals surface area contributed by atoms with Crippen molar-refractivity contribution in [1.82, 2.24) is 54.7 Å². The molecule has 0 saturated carbocycles. The van der Waals surface area contributed by atoms with Crippen molar-refractivity contribution in [2.45, 2.75) is 77.5 Å². The zero-order valence-electron chi connectivity index (χ0n) is 44.0. The van der Waals surface area contributed by atoms with Gasteiger partial charge in [-0.2, -0.15) is 15.0 Å². The number of benzene rings is 2. The Morgan fingerprint density at radius 1 is 0.684 bits per heavy atom. The molecule has 7 rings (SSSR count). The first-order valence-corrected chi connectivity index (χ1v) is 25.9. The largest absolute Gasteiger partial charge is 1.00 e. The van der Waals surface area contributed by atoms with E-state index in [-0.39, 0.29) is 54.3 Å². The molecule has 76 heavy (non-hydrogen) atoms. The number of phenols is 2. The van der Waals surface area contributed by atoms with Gasteiger partial charge in [-0.25, -0.2) is 9.36 Å². The summed E-state index contributed by atoms with van der Waals surface area (Å²) in [5.41, 5.74) is 16.1. The Hall–Kier alpha value is -6.68. The molecular weight excluding hydrogens is 996 g/mol. The minimum absolute atomic E-state index is 0. The Labute approximate surface area is 451 Å². The molecule has 0 aliphatic carbocycles. The number of hydrogen-bond donors (Lipinski definition) is 5. The third kappa shape index (κ3) is 16.4. The predicted octanol–water partition coefficient (Wildman–Crippen LogP) is -0.0783. The number of nitrogens with zero attached hydrogens (tertiary/aromatic N) is 13. The number of piperazine rings is 2. The van der Waals surface area contributed by atoms with Crippen molar-refractivity contribution in [1.29, 1.82) is 0 Å². The van der Waals surface area contributed by atoms with E-state index in [0.717, 1.165) is 24.0 Å². The number of ether oxygens (including phenoxy) is 3. The van der Waals surface area contributed by atoms with Crippen LogP contribution in [0, 0.1) is 24.2 Å². The number of aromatic nitrogens is 9. The van der Waals surface area contributed by atoms with Crippen LogP contribution in [0.25, 0.3) is 0 Å². The van der Waals surface area contributed by atoms with Crippen LogP contribution in [0.3, 0.4) is 0 Å². The van der Waals surface area contributed by atoms with Gasteiger partial charge in [0.15, 0.2) is 0 Å². The number of nitrogens with two attached hydrogens (primary N) is 2. The maximum Gasteiger partial charge on any atom is 0.247 e. The molecule has 0 unspecified atom stereocenters. The summed E-state index contributed by atoms with van der Waals surface area (Å²) in [6, 6.07) is 11.7. The fourth-order valence-corrected chi connectivity index (χ4v) is 8.99. The Bertz CT molecular complexity index is 2600. The molecule has 2 aliphatic heterocycles. The number of rotatable bonds is 27. The predicted molar refractivity (Wildman–Crippen MR) is 282 cm³/mol. The molecule has 0 radical (unpaired) electrons. The quantitative estimate of drug-likeness (QED) is 0.0340. The topological polar surface area (TPSA) is 279 Å². The van der Waals surface area contributed by atoms with Crippen LogP contribution in [-0.4, -0.2) is 175 Å². The maximum absolute atomic E-state index is 14.5. The molecule has 7 N–H and O–H groups in total. The lowest BCUT2D eigenvalue weighted by Crippen LogP contribution is -3.00. The van der Waals surface area contributed by atoms with Gasteiger partial charge in [0.05, 0.1) is 68.9 Å². The molecule has 23 nitrogen and oxygen atoms in total. The van der Waals surface area contributed by atoms with E-state index in [0.29, 0.717) is 140 Å². The Morgan fingerprint density at radius 3 is 1.74 bits per heavy atom. The Kier molecular flexibility index (Phi) is 22.4. The second-order valence-corrected chi connectivity index (χ2v) is 19.5. The van der Waals surface area contributed by atoms with Gasteiger partial charge in [-0.15, -0.1) is 16.6 Å². The summed E-state index contributed by atoms with van der Waals surface area (Å²) in [6.45, 7) is 14.4. The highest BCUT2D eigenvalue weighted by atomic mass is 35.5. The Balaban J connectivity index is 0.00000937. The standard InChI is InChI=1S/C52H74N16O7.ClH/c1-6-25-73-27-29-75-30-28-74-26-16-55-50-56-51(65-21-17-63(18-22-65)48(71)46(33-39-10-14-41(70)15-11-39)67-34-44(59-61-67)42(53)31-36(3)4)58-52(57-50)66-23-19-64(20-24-66)49(72)47(37(5)7-2)68-35-45(60-62-68)43(54)32-38-8-12-40(69)13-9-38;/h1,8-15,34-37,42-43,46-47,69-70H,7,16-33,53-54H2,2-5H3,(H,55,56,57,58);1H/p-1/t37-,42-,43-,46-,47-;/m0./s1. The number of terminal acetylenes is 1. The van der Waals surface area contributed by atoms with Gasteiger partial charge < -0.3 is 73.2 Å². The fraction of sp³-hybridized carbons (Fsp3) is 0.558. The SMILES string of the molecule is C#CCOCCOCCOCCNc1nc(N2CCN(C(=O)[C@H]([C@@H](C)CC)n3cc([C@@H](N)Cc4ccc(O)cc4)nn3)CC2)nc(N2CCN(C(=O)[C@H](Cc3ccc(O)cc3)n3cc([C@@H](N)CC(C)C)nn3)CC2)n1.[Cl-]. The lowest BCUT2D eigenvalue weighted by molar-refractivity contribution is -0.137. The number of carbonyl (C=O) groups excluding carboxylic acids is 2. The highest BCUT2D eigenvalue weighted by Crippen LogP contribution is 2.28. The molecule has 5 aromatic rings. The monoisotopic (exact) mass is 1070 g/mol. The van der Waals surface area contributed by atoms with Crippen LogP contribution in [-0.2, 0) is 36.6 Å². The van der Waals surface area contributed by atoms with Gasteiger partial charge in [-0.1, -0.05) is 74.7 Å². The second kappa shape index (κ2) is 29.0. The van der Waals surface area contributed by atoms with Crippen LogP contribution >= 0.6 is 0 Å². The lowest BCUT2D eigenvalue weighted by atomic mass is 9.97. The zero-order valence-corrected chi connectivity index (χ0v) is 44.8. The first-order valence-electron chi connectivity index (χ1n) is 25.9. The van der Waals surface area contributed by atoms with Crippen LogP contribution in [0.5, 0.6) is 11.5 Å². The molecule has 2 aromatic carbocycles. The molecule has 5 atom stereocenters. The van der Waals surface area contributed by atoms with Gasteiger partial charge in [-0.3, -0.25) is 9.59 Å². The number of nitrogens with one attached hydrogen (secondary N) is 1. The molecule has 0 spiro atoms. The Morgan fingerprint density at radius 2 is 1.18 bits per heavy atom. The number of amides is 2. The molecule has 5 heterocycles. The maximum atomic E-state index is 14.5. The van der Waals surface area contributed by atoms with E-state index >= 15 is 0 Å². The number of carbonyl (C=O) groups is 2.